The van der Waals surface area contributed by atoms with Crippen molar-refractivity contribution in [2.75, 3.05) is 13.1 Å². The summed E-state index contributed by atoms with van der Waals surface area (Å²) in [5.41, 5.74) is 2.12. The van der Waals surface area contributed by atoms with E-state index in [2.05, 4.69) is 46.9 Å². The van der Waals surface area contributed by atoms with Crippen LogP contribution in [0.15, 0.2) is 0 Å². The minimum atomic E-state index is -1.64. The molecule has 0 aromatic heterocycles. The Kier molecular flexibility index (Phi) is 5.67. The lowest BCUT2D eigenvalue weighted by Gasteiger charge is -2.45. The molecule has 0 saturated carbocycles. The van der Waals surface area contributed by atoms with Gasteiger partial charge in [0.2, 0.25) is 8.32 Å². The molecule has 1 aliphatic rings. The largest absolute Gasteiger partial charge is 0.413 e. The quantitative estimate of drug-likeness (QED) is 0.754. The van der Waals surface area contributed by atoms with Crippen LogP contribution in [0.3, 0.4) is 0 Å². The maximum atomic E-state index is 6.76. The zero-order chi connectivity index (χ0) is 13.1. The fourth-order valence-corrected chi connectivity index (χ4v) is 9.24. The first-order valence-corrected chi connectivity index (χ1v) is 9.43. The summed E-state index contributed by atoms with van der Waals surface area (Å²) in [4.78, 5) is 0. The van der Waals surface area contributed by atoms with Crippen LogP contribution in [0.1, 0.15) is 54.4 Å². The molecule has 0 amide bonds. The molecule has 1 N–H and O–H groups in total. The van der Waals surface area contributed by atoms with E-state index in [1.54, 1.807) is 0 Å². The number of piperidine rings is 1. The van der Waals surface area contributed by atoms with Crippen LogP contribution in [-0.2, 0) is 4.43 Å². The molecule has 3 heteroatoms. The molecule has 1 rings (SSSR count). The third-order valence-corrected chi connectivity index (χ3v) is 10.5. The molecule has 0 radical (unpaired) electrons. The van der Waals surface area contributed by atoms with Gasteiger partial charge in [-0.25, -0.2) is 0 Å². The normalized spacial score (nSPS) is 19.6. The summed E-state index contributed by atoms with van der Waals surface area (Å²) in [6.07, 6.45) is 2.90. The molecule has 1 heterocycles. The fraction of sp³-hybridized carbons (Fsp3) is 1.00. The van der Waals surface area contributed by atoms with Crippen LogP contribution in [-0.4, -0.2) is 27.5 Å². The van der Waals surface area contributed by atoms with Crippen molar-refractivity contribution in [3.8, 4) is 0 Å². The molecule has 0 aromatic rings. The zero-order valence-corrected chi connectivity index (χ0v) is 13.5. The summed E-state index contributed by atoms with van der Waals surface area (Å²) in [7, 11) is -1.64. The molecular formula is C14H31NOSi. The Labute approximate surface area is 109 Å². The predicted molar refractivity (Wildman–Crippen MR) is 78.0 cm³/mol. The molecule has 102 valence electrons. The molecule has 0 atom stereocenters. The van der Waals surface area contributed by atoms with Gasteiger partial charge in [-0.15, -0.1) is 0 Å². The maximum absolute atomic E-state index is 6.76. The van der Waals surface area contributed by atoms with E-state index in [1.165, 1.54) is 12.8 Å². The molecule has 1 saturated heterocycles. The second kappa shape index (κ2) is 6.35. The van der Waals surface area contributed by atoms with Gasteiger partial charge in [-0.1, -0.05) is 41.5 Å². The lowest BCUT2D eigenvalue weighted by Crippen LogP contribution is -2.51. The van der Waals surface area contributed by atoms with Gasteiger partial charge in [0.25, 0.3) is 0 Å². The molecule has 0 spiro atoms. The second-order valence-electron chi connectivity index (χ2n) is 6.38. The van der Waals surface area contributed by atoms with Gasteiger partial charge >= 0.3 is 0 Å². The molecule has 0 unspecified atom stereocenters. The summed E-state index contributed by atoms with van der Waals surface area (Å²) in [6, 6.07) is 0. The van der Waals surface area contributed by atoms with Crippen LogP contribution in [0.4, 0.5) is 0 Å². The topological polar surface area (TPSA) is 21.3 Å². The monoisotopic (exact) mass is 257 g/mol. The summed E-state index contributed by atoms with van der Waals surface area (Å²) in [6.45, 7) is 16.5. The van der Waals surface area contributed by atoms with Gasteiger partial charge in [-0.2, -0.15) is 0 Å². The Balaban J connectivity index is 2.81. The van der Waals surface area contributed by atoms with Crippen molar-refractivity contribution in [2.45, 2.75) is 77.1 Å². The van der Waals surface area contributed by atoms with Crippen molar-refractivity contribution >= 4 is 8.32 Å². The number of nitrogens with one attached hydrogen (secondary N) is 1. The van der Waals surface area contributed by atoms with Gasteiger partial charge in [0.05, 0.1) is 0 Å². The first-order valence-electron chi connectivity index (χ1n) is 7.29. The van der Waals surface area contributed by atoms with Gasteiger partial charge in [0.1, 0.15) is 0 Å². The third kappa shape index (κ3) is 3.33. The highest BCUT2D eigenvalue weighted by Gasteiger charge is 2.46. The van der Waals surface area contributed by atoms with Gasteiger partial charge in [0, 0.05) is 6.10 Å². The van der Waals surface area contributed by atoms with E-state index in [-0.39, 0.29) is 0 Å². The SMILES string of the molecule is CC(C)[Si](OC1CCNCC1)(C(C)C)C(C)C. The summed E-state index contributed by atoms with van der Waals surface area (Å²) in [5, 5.41) is 3.42. The van der Waals surface area contributed by atoms with E-state index in [4.69, 9.17) is 4.43 Å². The summed E-state index contributed by atoms with van der Waals surface area (Å²) < 4.78 is 6.76. The fourth-order valence-electron chi connectivity index (χ4n) is 3.61. The van der Waals surface area contributed by atoms with Gasteiger partial charge in [-0.3, -0.25) is 0 Å². The zero-order valence-electron chi connectivity index (χ0n) is 12.5. The maximum Gasteiger partial charge on any atom is 0.200 e. The Bertz CT molecular complexity index is 200. The van der Waals surface area contributed by atoms with Crippen LogP contribution in [0.2, 0.25) is 16.6 Å². The van der Waals surface area contributed by atoms with E-state index < -0.39 is 8.32 Å². The molecule has 0 aliphatic carbocycles. The van der Waals surface area contributed by atoms with Crippen molar-refractivity contribution < 1.29 is 4.43 Å². The molecule has 1 aliphatic heterocycles. The smallest absolute Gasteiger partial charge is 0.200 e. The Hall–Kier alpha value is 0.137. The third-order valence-electron chi connectivity index (χ3n) is 4.36. The molecule has 0 aromatic carbocycles. The second-order valence-corrected chi connectivity index (χ2v) is 11.8. The first kappa shape index (κ1) is 15.2. The van der Waals surface area contributed by atoms with Gasteiger partial charge in [0.15, 0.2) is 0 Å². The average Bonchev–Trinajstić information content (AvgIpc) is 2.25. The van der Waals surface area contributed by atoms with Crippen LogP contribution in [0.5, 0.6) is 0 Å². The van der Waals surface area contributed by atoms with Gasteiger partial charge < -0.3 is 9.74 Å². The molecule has 1 fully saturated rings. The predicted octanol–water partition coefficient (Wildman–Crippen LogP) is 3.93. The standard InChI is InChI=1S/C14H31NOSi/c1-11(2)17(12(3)4,13(5)6)16-14-7-9-15-10-8-14/h11-15H,7-10H2,1-6H3. The highest BCUT2D eigenvalue weighted by Crippen LogP contribution is 2.43. The lowest BCUT2D eigenvalue weighted by molar-refractivity contribution is 0.139. The highest BCUT2D eigenvalue weighted by molar-refractivity contribution is 6.77. The van der Waals surface area contributed by atoms with Crippen LogP contribution >= 0.6 is 0 Å². The van der Waals surface area contributed by atoms with Crippen molar-refractivity contribution in [1.29, 1.82) is 0 Å². The van der Waals surface area contributed by atoms with E-state index >= 15 is 0 Å². The number of rotatable bonds is 5. The summed E-state index contributed by atoms with van der Waals surface area (Å²) >= 11 is 0. The molecular weight excluding hydrogens is 226 g/mol. The highest BCUT2D eigenvalue weighted by atomic mass is 28.4. The molecule has 0 bridgehead atoms. The number of hydrogen-bond acceptors (Lipinski definition) is 2. The summed E-state index contributed by atoms with van der Waals surface area (Å²) in [5.74, 6) is 0. The van der Waals surface area contributed by atoms with Crippen LogP contribution in [0.25, 0.3) is 0 Å². The number of hydrogen-bond donors (Lipinski definition) is 1. The van der Waals surface area contributed by atoms with Gasteiger partial charge in [-0.05, 0) is 42.6 Å². The minimum absolute atomic E-state index is 0.509. The van der Waals surface area contributed by atoms with E-state index in [0.29, 0.717) is 22.7 Å². The Morgan fingerprint density at radius 2 is 1.29 bits per heavy atom. The Morgan fingerprint density at radius 1 is 0.882 bits per heavy atom. The molecule has 17 heavy (non-hydrogen) atoms. The average molecular weight is 257 g/mol. The van der Waals surface area contributed by atoms with Crippen molar-refractivity contribution in [3.63, 3.8) is 0 Å². The van der Waals surface area contributed by atoms with Crippen molar-refractivity contribution in [2.24, 2.45) is 0 Å². The lowest BCUT2D eigenvalue weighted by atomic mass is 10.1. The molecule has 2 nitrogen and oxygen atoms in total. The Morgan fingerprint density at radius 3 is 1.65 bits per heavy atom. The van der Waals surface area contributed by atoms with Crippen molar-refractivity contribution in [1.82, 2.24) is 5.32 Å². The van der Waals surface area contributed by atoms with Crippen LogP contribution in [0, 0.1) is 0 Å². The van der Waals surface area contributed by atoms with E-state index in [1.807, 2.05) is 0 Å². The van der Waals surface area contributed by atoms with E-state index in [0.717, 1.165) is 13.1 Å². The van der Waals surface area contributed by atoms with Crippen LogP contribution < -0.4 is 5.32 Å². The van der Waals surface area contributed by atoms with E-state index in [9.17, 15) is 0 Å². The minimum Gasteiger partial charge on any atom is -0.413 e. The van der Waals surface area contributed by atoms with Crippen molar-refractivity contribution in [3.05, 3.63) is 0 Å². The first-order chi connectivity index (χ1) is 7.91.